The molecule has 0 aliphatic rings. The van der Waals surface area contributed by atoms with Gasteiger partial charge in [0.15, 0.2) is 0 Å². The predicted octanol–water partition coefficient (Wildman–Crippen LogP) is 3.03. The van der Waals surface area contributed by atoms with Crippen molar-refractivity contribution in [1.82, 2.24) is 4.90 Å². The van der Waals surface area contributed by atoms with E-state index in [-0.39, 0.29) is 12.1 Å². The van der Waals surface area contributed by atoms with Crippen LogP contribution in [0, 0.1) is 0 Å². The minimum atomic E-state index is -0.538. The van der Waals surface area contributed by atoms with E-state index in [1.807, 2.05) is 44.4 Å². The number of anilines is 1. The van der Waals surface area contributed by atoms with Crippen molar-refractivity contribution in [1.29, 1.82) is 0 Å². The van der Waals surface area contributed by atoms with Crippen molar-refractivity contribution in [2.75, 3.05) is 18.1 Å². The lowest BCUT2D eigenvalue weighted by Crippen LogP contribution is -2.43. The van der Waals surface area contributed by atoms with Crippen LogP contribution in [-0.4, -0.2) is 41.0 Å². The van der Waals surface area contributed by atoms with Gasteiger partial charge in [0.1, 0.15) is 0 Å². The zero-order chi connectivity index (χ0) is 14.4. The summed E-state index contributed by atoms with van der Waals surface area (Å²) in [6.45, 7) is 5.87. The Hall–Kier alpha value is -1.20. The third-order valence-corrected chi connectivity index (χ3v) is 3.49. The summed E-state index contributed by atoms with van der Waals surface area (Å²) in [6, 6.07) is 7.54. The van der Waals surface area contributed by atoms with Crippen molar-refractivity contribution >= 4 is 23.5 Å². The molecule has 0 radical (unpaired) electrons. The molecule has 1 atom stereocenters. The number of hydrogen-bond donors (Lipinski definition) is 2. The van der Waals surface area contributed by atoms with Gasteiger partial charge < -0.3 is 15.3 Å². The molecule has 0 bridgehead atoms. The first kappa shape index (κ1) is 15.9. The molecule has 2 amide bonds. The highest BCUT2D eigenvalue weighted by Crippen LogP contribution is 2.25. The smallest absolute Gasteiger partial charge is 0.322 e. The van der Waals surface area contributed by atoms with Crippen molar-refractivity contribution in [2.24, 2.45) is 0 Å². The minimum Gasteiger partial charge on any atom is -0.392 e. The summed E-state index contributed by atoms with van der Waals surface area (Å²) in [4.78, 5) is 14.9. The Morgan fingerprint density at radius 1 is 1.37 bits per heavy atom. The normalized spacial score (nSPS) is 12.3. The Labute approximate surface area is 119 Å². The maximum Gasteiger partial charge on any atom is 0.322 e. The van der Waals surface area contributed by atoms with Gasteiger partial charge in [-0.1, -0.05) is 12.1 Å². The van der Waals surface area contributed by atoms with Crippen LogP contribution < -0.4 is 5.32 Å². The Kier molecular flexibility index (Phi) is 6.18. The molecule has 1 aromatic rings. The molecule has 0 spiro atoms. The fourth-order valence-electron chi connectivity index (χ4n) is 1.75. The van der Waals surface area contributed by atoms with Gasteiger partial charge in [-0.3, -0.25) is 0 Å². The van der Waals surface area contributed by atoms with Crippen LogP contribution in [0.3, 0.4) is 0 Å². The third kappa shape index (κ3) is 4.76. The Morgan fingerprint density at radius 3 is 2.53 bits per heavy atom. The lowest BCUT2D eigenvalue weighted by atomic mass is 10.3. The van der Waals surface area contributed by atoms with Gasteiger partial charge in [-0.15, -0.1) is 11.8 Å². The number of carbonyl (C=O) groups is 1. The largest absolute Gasteiger partial charge is 0.392 e. The van der Waals surface area contributed by atoms with Crippen LogP contribution in [0.4, 0.5) is 10.5 Å². The number of thioether (sulfide) groups is 1. The number of rotatable bonds is 5. The fraction of sp³-hybridized carbons (Fsp3) is 0.500. The lowest BCUT2D eigenvalue weighted by Gasteiger charge is -2.28. The number of nitrogens with zero attached hydrogens (tertiary/aromatic N) is 1. The predicted molar refractivity (Wildman–Crippen MR) is 80.8 cm³/mol. The SMILES string of the molecule is CSc1ccccc1NC(=O)N(CC(C)O)C(C)C. The summed E-state index contributed by atoms with van der Waals surface area (Å²) < 4.78 is 0. The number of carbonyl (C=O) groups excluding carboxylic acids is 1. The Bertz CT molecular complexity index is 422. The van der Waals surface area contributed by atoms with E-state index in [1.165, 1.54) is 0 Å². The number of hydrogen-bond acceptors (Lipinski definition) is 3. The molecular formula is C14H22N2O2S. The first-order valence-electron chi connectivity index (χ1n) is 6.34. The number of aliphatic hydroxyl groups excluding tert-OH is 1. The number of benzene rings is 1. The standard InChI is InChI=1S/C14H22N2O2S/c1-10(2)16(9-11(3)17)14(18)15-12-7-5-6-8-13(12)19-4/h5-8,10-11,17H,9H2,1-4H3,(H,15,18). The van der Waals surface area contributed by atoms with Crippen molar-refractivity contribution < 1.29 is 9.90 Å². The van der Waals surface area contributed by atoms with Crippen molar-refractivity contribution in [3.05, 3.63) is 24.3 Å². The van der Waals surface area contributed by atoms with Crippen LogP contribution in [0.25, 0.3) is 0 Å². The van der Waals surface area contributed by atoms with E-state index in [9.17, 15) is 9.90 Å². The number of amides is 2. The molecule has 0 aliphatic carbocycles. The maximum absolute atomic E-state index is 12.3. The first-order valence-corrected chi connectivity index (χ1v) is 7.57. The zero-order valence-corrected chi connectivity index (χ0v) is 12.7. The summed E-state index contributed by atoms with van der Waals surface area (Å²) >= 11 is 1.59. The average Bonchev–Trinajstić information content (AvgIpc) is 2.36. The van der Waals surface area contributed by atoms with Gasteiger partial charge >= 0.3 is 6.03 Å². The van der Waals surface area contributed by atoms with Gasteiger partial charge in [-0.25, -0.2) is 4.79 Å². The molecule has 1 unspecified atom stereocenters. The highest BCUT2D eigenvalue weighted by atomic mass is 32.2. The van der Waals surface area contributed by atoms with Gasteiger partial charge in [0.2, 0.25) is 0 Å². The van der Waals surface area contributed by atoms with Gasteiger partial charge in [-0.2, -0.15) is 0 Å². The van der Waals surface area contributed by atoms with Crippen LogP contribution >= 0.6 is 11.8 Å². The number of urea groups is 1. The van der Waals surface area contributed by atoms with Gasteiger partial charge in [0.25, 0.3) is 0 Å². The van der Waals surface area contributed by atoms with Crippen molar-refractivity contribution in [3.8, 4) is 0 Å². The van der Waals surface area contributed by atoms with Crippen molar-refractivity contribution in [2.45, 2.75) is 37.8 Å². The van der Waals surface area contributed by atoms with Crippen LogP contribution in [0.1, 0.15) is 20.8 Å². The fourth-order valence-corrected chi connectivity index (χ4v) is 2.30. The number of para-hydroxylation sites is 1. The second kappa shape index (κ2) is 7.40. The second-order valence-corrected chi connectivity index (χ2v) is 5.57. The van der Waals surface area contributed by atoms with Crippen LogP contribution in [0.2, 0.25) is 0 Å². The Balaban J connectivity index is 2.81. The van der Waals surface area contributed by atoms with Gasteiger partial charge in [0, 0.05) is 17.5 Å². The van der Waals surface area contributed by atoms with Crippen LogP contribution in [0.5, 0.6) is 0 Å². The maximum atomic E-state index is 12.3. The zero-order valence-electron chi connectivity index (χ0n) is 11.9. The summed E-state index contributed by atoms with van der Waals surface area (Å²) in [5.41, 5.74) is 0.802. The van der Waals surface area contributed by atoms with Crippen molar-refractivity contribution in [3.63, 3.8) is 0 Å². The van der Waals surface area contributed by atoms with Gasteiger partial charge in [0.05, 0.1) is 11.8 Å². The Morgan fingerprint density at radius 2 is 2.00 bits per heavy atom. The molecule has 19 heavy (non-hydrogen) atoms. The molecule has 2 N–H and O–H groups in total. The van der Waals surface area contributed by atoms with Crippen LogP contribution in [0.15, 0.2) is 29.2 Å². The monoisotopic (exact) mass is 282 g/mol. The van der Waals surface area contributed by atoms with Gasteiger partial charge in [-0.05, 0) is 39.2 Å². The van der Waals surface area contributed by atoms with E-state index < -0.39 is 6.10 Å². The lowest BCUT2D eigenvalue weighted by molar-refractivity contribution is 0.125. The van der Waals surface area contributed by atoms with E-state index in [1.54, 1.807) is 23.6 Å². The van der Waals surface area contributed by atoms with E-state index in [4.69, 9.17) is 0 Å². The molecular weight excluding hydrogens is 260 g/mol. The molecule has 5 heteroatoms. The topological polar surface area (TPSA) is 52.6 Å². The first-order chi connectivity index (χ1) is 8.95. The summed E-state index contributed by atoms with van der Waals surface area (Å²) in [5.74, 6) is 0. The molecule has 0 saturated carbocycles. The molecule has 106 valence electrons. The molecule has 1 aromatic carbocycles. The quantitative estimate of drug-likeness (QED) is 0.816. The third-order valence-electron chi connectivity index (χ3n) is 2.69. The second-order valence-electron chi connectivity index (χ2n) is 4.73. The molecule has 0 saturated heterocycles. The summed E-state index contributed by atoms with van der Waals surface area (Å²) in [5, 5.41) is 12.4. The molecule has 0 aliphatic heterocycles. The highest BCUT2D eigenvalue weighted by molar-refractivity contribution is 7.98. The van der Waals surface area contributed by atoms with E-state index in [0.717, 1.165) is 10.6 Å². The van der Waals surface area contributed by atoms with E-state index >= 15 is 0 Å². The van der Waals surface area contributed by atoms with E-state index in [2.05, 4.69) is 5.32 Å². The summed E-state index contributed by atoms with van der Waals surface area (Å²) in [6.07, 6.45) is 1.44. The number of nitrogens with one attached hydrogen (secondary N) is 1. The minimum absolute atomic E-state index is 0.0380. The molecule has 4 nitrogen and oxygen atoms in total. The summed E-state index contributed by atoms with van der Waals surface area (Å²) in [7, 11) is 0. The average molecular weight is 282 g/mol. The molecule has 0 heterocycles. The van der Waals surface area contributed by atoms with Crippen LogP contribution in [-0.2, 0) is 0 Å². The molecule has 1 rings (SSSR count). The molecule has 0 fully saturated rings. The highest BCUT2D eigenvalue weighted by Gasteiger charge is 2.19. The molecule has 0 aromatic heterocycles. The number of aliphatic hydroxyl groups is 1. The van der Waals surface area contributed by atoms with E-state index in [0.29, 0.717) is 6.54 Å².